The van der Waals surface area contributed by atoms with Crippen LogP contribution in [0.2, 0.25) is 0 Å². The summed E-state index contributed by atoms with van der Waals surface area (Å²) in [5.41, 5.74) is 21.4. The molecule has 0 atom stereocenters. The minimum absolute atomic E-state index is 1.12. The molecule has 10 rings (SSSR count). The van der Waals surface area contributed by atoms with Crippen LogP contribution in [0.25, 0.3) is 78.1 Å². The van der Waals surface area contributed by atoms with Gasteiger partial charge >= 0.3 is 0 Å². The third kappa shape index (κ3) is 4.70. The fourth-order valence-corrected chi connectivity index (χ4v) is 8.33. The van der Waals surface area contributed by atoms with Gasteiger partial charge in [0, 0.05) is 17.1 Å². The summed E-state index contributed by atoms with van der Waals surface area (Å²) in [6.45, 7) is 4.37. The largest absolute Gasteiger partial charge is 0.310 e. The molecule has 0 amide bonds. The molecule has 0 aliphatic heterocycles. The van der Waals surface area contributed by atoms with Crippen molar-refractivity contribution in [3.63, 3.8) is 0 Å². The number of nitrogens with zero attached hydrogens (tertiary/aromatic N) is 1. The third-order valence-electron chi connectivity index (χ3n) is 10.9. The topological polar surface area (TPSA) is 3.24 Å². The Morgan fingerprint density at radius 3 is 1.69 bits per heavy atom. The van der Waals surface area contributed by atoms with E-state index in [0.717, 1.165) is 17.1 Å². The average Bonchev–Trinajstić information content (AvgIpc) is 3.28. The smallest absolute Gasteiger partial charge is 0.0468 e. The van der Waals surface area contributed by atoms with Gasteiger partial charge in [-0.15, -0.1) is 0 Å². The number of anilines is 3. The van der Waals surface area contributed by atoms with E-state index in [1.165, 1.54) is 88.7 Å². The Morgan fingerprint density at radius 1 is 0.412 bits per heavy atom. The van der Waals surface area contributed by atoms with Gasteiger partial charge in [0.2, 0.25) is 0 Å². The standard InChI is InChI=1S/C50H35N/c1-32-11-3-4-13-36(32)29-33(2)34-21-24-38(25-22-34)51(39-26-23-35-12-5-6-14-37(35)30-39)40-27-28-42-45-18-10-19-46-47-20-9-17-44(50(47)48(42)31-40)41-15-7-8-16-43(41)49(45)46/h3-31H,1-2H3/b33-29+. The Morgan fingerprint density at radius 2 is 0.941 bits per heavy atom. The van der Waals surface area contributed by atoms with Crippen LogP contribution in [0.3, 0.4) is 0 Å². The normalized spacial score (nSPS) is 12.2. The Balaban J connectivity index is 1.17. The van der Waals surface area contributed by atoms with Crippen molar-refractivity contribution in [3.05, 3.63) is 187 Å². The molecule has 0 spiro atoms. The molecule has 0 N–H and O–H groups in total. The lowest BCUT2D eigenvalue weighted by Crippen LogP contribution is -2.10. The van der Waals surface area contributed by atoms with Gasteiger partial charge < -0.3 is 4.90 Å². The summed E-state index contributed by atoms with van der Waals surface area (Å²) >= 11 is 0. The predicted octanol–water partition coefficient (Wildman–Crippen LogP) is 14.1. The molecule has 0 fully saturated rings. The van der Waals surface area contributed by atoms with Gasteiger partial charge in [0.25, 0.3) is 0 Å². The van der Waals surface area contributed by atoms with Crippen LogP contribution in [0.1, 0.15) is 23.6 Å². The molecule has 2 aliphatic rings. The van der Waals surface area contributed by atoms with Crippen molar-refractivity contribution in [3.8, 4) is 55.6 Å². The molecule has 0 aromatic heterocycles. The maximum absolute atomic E-state index is 2.43. The summed E-state index contributed by atoms with van der Waals surface area (Å²) in [6.07, 6.45) is 2.29. The van der Waals surface area contributed by atoms with E-state index < -0.39 is 0 Å². The number of allylic oxidation sites excluding steroid dienone is 1. The van der Waals surface area contributed by atoms with Crippen molar-refractivity contribution < 1.29 is 0 Å². The van der Waals surface area contributed by atoms with Crippen molar-refractivity contribution in [2.45, 2.75) is 13.8 Å². The maximum Gasteiger partial charge on any atom is 0.0468 e. The molecule has 0 unspecified atom stereocenters. The van der Waals surface area contributed by atoms with E-state index in [9.17, 15) is 0 Å². The molecule has 0 saturated heterocycles. The quantitative estimate of drug-likeness (QED) is 0.168. The Labute approximate surface area is 299 Å². The molecule has 240 valence electrons. The van der Waals surface area contributed by atoms with Crippen LogP contribution < -0.4 is 4.90 Å². The van der Waals surface area contributed by atoms with Gasteiger partial charge in [0.15, 0.2) is 0 Å². The minimum Gasteiger partial charge on any atom is -0.310 e. The molecule has 0 heterocycles. The maximum atomic E-state index is 2.43. The number of hydrogen-bond donors (Lipinski definition) is 0. The third-order valence-corrected chi connectivity index (χ3v) is 10.9. The van der Waals surface area contributed by atoms with Gasteiger partial charge in [0.05, 0.1) is 0 Å². The Bertz CT molecular complexity index is 2690. The van der Waals surface area contributed by atoms with Gasteiger partial charge in [-0.05, 0) is 139 Å². The second-order valence-corrected chi connectivity index (χ2v) is 13.8. The Hall–Kier alpha value is -6.44. The van der Waals surface area contributed by atoms with E-state index in [1.807, 2.05) is 0 Å². The highest BCUT2D eigenvalue weighted by atomic mass is 15.1. The fourth-order valence-electron chi connectivity index (χ4n) is 8.33. The summed E-state index contributed by atoms with van der Waals surface area (Å²) in [5.74, 6) is 0. The zero-order valence-electron chi connectivity index (χ0n) is 28.7. The number of fused-ring (bicyclic) bond motifs is 5. The van der Waals surface area contributed by atoms with Crippen LogP contribution in [0.5, 0.6) is 0 Å². The molecule has 0 radical (unpaired) electrons. The number of benzene rings is 8. The van der Waals surface area contributed by atoms with Crippen molar-refractivity contribution >= 4 is 39.5 Å². The molecule has 8 aromatic carbocycles. The Kier molecular flexibility index (Phi) is 6.69. The summed E-state index contributed by atoms with van der Waals surface area (Å²) in [6, 6.07) is 62.7. The lowest BCUT2D eigenvalue weighted by atomic mass is 9.83. The zero-order valence-corrected chi connectivity index (χ0v) is 28.7. The predicted molar refractivity (Wildman–Crippen MR) is 218 cm³/mol. The highest BCUT2D eigenvalue weighted by Crippen LogP contribution is 2.57. The number of rotatable bonds is 5. The lowest BCUT2D eigenvalue weighted by Gasteiger charge is -2.28. The SMILES string of the molecule is C/C(=C\c1ccccc1C)c1ccc(N(c2ccc3c(c2)-c2c4cccc2-c2cccc-3c2-c2ccccc2-4)c2ccc3ccccc3c2)cc1. The van der Waals surface area contributed by atoms with Gasteiger partial charge in [0.1, 0.15) is 0 Å². The summed E-state index contributed by atoms with van der Waals surface area (Å²) < 4.78 is 0. The van der Waals surface area contributed by atoms with E-state index in [2.05, 4.69) is 195 Å². The minimum atomic E-state index is 1.12. The highest BCUT2D eigenvalue weighted by molar-refractivity contribution is 6.15. The molecule has 2 aliphatic carbocycles. The van der Waals surface area contributed by atoms with Gasteiger partial charge in [-0.25, -0.2) is 0 Å². The van der Waals surface area contributed by atoms with Crippen LogP contribution in [0.15, 0.2) is 170 Å². The van der Waals surface area contributed by atoms with Gasteiger partial charge in [-0.2, -0.15) is 0 Å². The van der Waals surface area contributed by atoms with E-state index in [4.69, 9.17) is 0 Å². The first kappa shape index (κ1) is 29.5. The second-order valence-electron chi connectivity index (χ2n) is 13.8. The van der Waals surface area contributed by atoms with Crippen LogP contribution >= 0.6 is 0 Å². The summed E-state index contributed by atoms with van der Waals surface area (Å²) in [5, 5.41) is 2.46. The van der Waals surface area contributed by atoms with E-state index in [-0.39, 0.29) is 0 Å². The molecule has 6 bridgehead atoms. The monoisotopic (exact) mass is 649 g/mol. The van der Waals surface area contributed by atoms with E-state index >= 15 is 0 Å². The first-order valence-corrected chi connectivity index (χ1v) is 17.8. The van der Waals surface area contributed by atoms with Crippen molar-refractivity contribution in [2.24, 2.45) is 0 Å². The molecular formula is C50H35N. The molecule has 8 aromatic rings. The highest BCUT2D eigenvalue weighted by Gasteiger charge is 2.31. The number of aryl methyl sites for hydroxylation is 1. The van der Waals surface area contributed by atoms with Crippen LogP contribution in [-0.2, 0) is 0 Å². The van der Waals surface area contributed by atoms with Crippen molar-refractivity contribution in [1.82, 2.24) is 0 Å². The first-order chi connectivity index (χ1) is 25.1. The van der Waals surface area contributed by atoms with Crippen molar-refractivity contribution in [1.29, 1.82) is 0 Å². The summed E-state index contributed by atoms with van der Waals surface area (Å²) in [7, 11) is 0. The van der Waals surface area contributed by atoms with E-state index in [1.54, 1.807) is 0 Å². The second kappa shape index (κ2) is 11.6. The van der Waals surface area contributed by atoms with Gasteiger partial charge in [-0.1, -0.05) is 140 Å². The summed E-state index contributed by atoms with van der Waals surface area (Å²) in [4.78, 5) is 2.42. The molecule has 51 heavy (non-hydrogen) atoms. The molecular weight excluding hydrogens is 615 g/mol. The van der Waals surface area contributed by atoms with Crippen LogP contribution in [0.4, 0.5) is 17.1 Å². The molecule has 1 nitrogen and oxygen atoms in total. The van der Waals surface area contributed by atoms with Crippen LogP contribution in [0, 0.1) is 6.92 Å². The first-order valence-electron chi connectivity index (χ1n) is 17.8. The lowest BCUT2D eigenvalue weighted by molar-refractivity contribution is 1.29. The fraction of sp³-hybridized carbons (Fsp3) is 0.0400. The van der Waals surface area contributed by atoms with Gasteiger partial charge in [-0.3, -0.25) is 0 Å². The number of hydrogen-bond acceptors (Lipinski definition) is 1. The average molecular weight is 650 g/mol. The van der Waals surface area contributed by atoms with E-state index in [0.29, 0.717) is 0 Å². The molecule has 0 saturated carbocycles. The molecule has 1 heteroatoms. The van der Waals surface area contributed by atoms with Crippen LogP contribution in [-0.4, -0.2) is 0 Å². The van der Waals surface area contributed by atoms with Crippen molar-refractivity contribution in [2.75, 3.05) is 4.90 Å². The zero-order chi connectivity index (χ0) is 34.1.